The molecule has 0 unspecified atom stereocenters. The average molecular weight is 274 g/mol. The number of nitrogens with two attached hydrogens (primary N) is 1. The quantitative estimate of drug-likeness (QED) is 0.864. The van der Waals surface area contributed by atoms with Gasteiger partial charge in [-0.25, -0.2) is 0 Å². The van der Waals surface area contributed by atoms with Crippen LogP contribution in [0.25, 0.3) is 0 Å². The second kappa shape index (κ2) is 5.95. The summed E-state index contributed by atoms with van der Waals surface area (Å²) in [4.78, 5) is 11.3. The molecule has 0 aromatic heterocycles. The normalized spacial score (nSPS) is 11.7. The first-order valence-electron chi connectivity index (χ1n) is 6.07. The molecule has 0 aliphatic heterocycles. The van der Waals surface area contributed by atoms with Gasteiger partial charge in [0, 0.05) is 11.7 Å². The highest BCUT2D eigenvalue weighted by Gasteiger charge is 2.31. The van der Waals surface area contributed by atoms with Crippen LogP contribution in [0.15, 0.2) is 18.2 Å². The van der Waals surface area contributed by atoms with Crippen LogP contribution < -0.4 is 11.1 Å². The van der Waals surface area contributed by atoms with E-state index in [2.05, 4.69) is 5.32 Å². The van der Waals surface area contributed by atoms with E-state index in [0.717, 1.165) is 25.0 Å². The molecule has 1 aromatic carbocycles. The number of benzene rings is 1. The minimum absolute atomic E-state index is 0.0924. The van der Waals surface area contributed by atoms with Crippen molar-refractivity contribution in [2.24, 2.45) is 5.73 Å². The molecule has 3 nitrogen and oxygen atoms in total. The van der Waals surface area contributed by atoms with Crippen LogP contribution in [0.4, 0.5) is 18.9 Å². The van der Waals surface area contributed by atoms with Crippen LogP contribution in [0, 0.1) is 0 Å². The van der Waals surface area contributed by atoms with E-state index in [0.29, 0.717) is 5.69 Å². The molecule has 0 saturated carbocycles. The smallest absolute Gasteiger partial charge is 0.382 e. The Bertz CT molecular complexity index is 454. The predicted octanol–water partition coefficient (Wildman–Crippen LogP) is 3.40. The molecule has 0 fully saturated rings. The lowest BCUT2D eigenvalue weighted by Crippen LogP contribution is -2.22. The van der Waals surface area contributed by atoms with E-state index in [4.69, 9.17) is 5.73 Å². The summed E-state index contributed by atoms with van der Waals surface area (Å²) in [5.41, 5.74) is 4.47. The fourth-order valence-electron chi connectivity index (χ4n) is 1.76. The Kier molecular flexibility index (Phi) is 4.80. The van der Waals surface area contributed by atoms with Gasteiger partial charge in [-0.2, -0.15) is 13.2 Å². The molecule has 106 valence electrons. The summed E-state index contributed by atoms with van der Waals surface area (Å²) >= 11 is 0. The molecule has 0 bridgehead atoms. The van der Waals surface area contributed by atoms with Crippen molar-refractivity contribution in [3.05, 3.63) is 29.3 Å². The van der Waals surface area contributed by atoms with Crippen LogP contribution in [-0.4, -0.2) is 11.9 Å². The van der Waals surface area contributed by atoms with Gasteiger partial charge in [-0.05, 0) is 31.0 Å². The first-order valence-corrected chi connectivity index (χ1v) is 6.07. The molecule has 1 rings (SSSR count). The third kappa shape index (κ3) is 3.87. The van der Waals surface area contributed by atoms with E-state index in [1.54, 1.807) is 0 Å². The van der Waals surface area contributed by atoms with Crippen molar-refractivity contribution in [1.29, 1.82) is 0 Å². The molecule has 1 amide bonds. The Morgan fingerprint density at radius 3 is 2.32 bits per heavy atom. The highest BCUT2D eigenvalue weighted by atomic mass is 19.4. The summed E-state index contributed by atoms with van der Waals surface area (Å²) in [7, 11) is 0. The van der Waals surface area contributed by atoms with E-state index in [1.165, 1.54) is 6.07 Å². The summed E-state index contributed by atoms with van der Waals surface area (Å²) in [6.45, 7) is 3.91. The standard InChI is InChI=1S/C13H17F3N2O/c1-3-9(4-2)18-11-6-5-8(13(14,15)16)7-10(11)12(17)19/h5-7,9,18H,3-4H2,1-2H3,(H2,17,19). The van der Waals surface area contributed by atoms with Gasteiger partial charge in [0.25, 0.3) is 5.91 Å². The molecule has 0 heterocycles. The first-order chi connectivity index (χ1) is 8.79. The Balaban J connectivity index is 3.15. The maximum absolute atomic E-state index is 12.6. The minimum Gasteiger partial charge on any atom is -0.382 e. The second-order valence-corrected chi connectivity index (χ2v) is 4.28. The molecule has 19 heavy (non-hydrogen) atoms. The largest absolute Gasteiger partial charge is 0.416 e. The van der Waals surface area contributed by atoms with Gasteiger partial charge in [0.2, 0.25) is 0 Å². The fraction of sp³-hybridized carbons (Fsp3) is 0.462. The van der Waals surface area contributed by atoms with Crippen molar-refractivity contribution >= 4 is 11.6 Å². The van der Waals surface area contributed by atoms with Crippen molar-refractivity contribution in [2.75, 3.05) is 5.32 Å². The third-order valence-corrected chi connectivity index (χ3v) is 2.96. The molecule has 6 heteroatoms. The van der Waals surface area contributed by atoms with E-state index < -0.39 is 17.6 Å². The maximum atomic E-state index is 12.6. The van der Waals surface area contributed by atoms with E-state index in [9.17, 15) is 18.0 Å². The van der Waals surface area contributed by atoms with Gasteiger partial charge in [-0.1, -0.05) is 13.8 Å². The number of amides is 1. The van der Waals surface area contributed by atoms with Crippen LogP contribution in [0.1, 0.15) is 42.6 Å². The van der Waals surface area contributed by atoms with Crippen molar-refractivity contribution < 1.29 is 18.0 Å². The van der Waals surface area contributed by atoms with Crippen LogP contribution in [0.3, 0.4) is 0 Å². The summed E-state index contributed by atoms with van der Waals surface area (Å²) in [5, 5.41) is 3.04. The van der Waals surface area contributed by atoms with Gasteiger partial charge in [0.1, 0.15) is 0 Å². The molecule has 1 aromatic rings. The average Bonchev–Trinajstić information content (AvgIpc) is 2.34. The molecule has 0 saturated heterocycles. The van der Waals surface area contributed by atoms with E-state index in [-0.39, 0.29) is 11.6 Å². The predicted molar refractivity (Wildman–Crippen MR) is 68.0 cm³/mol. The van der Waals surface area contributed by atoms with Crippen LogP contribution in [0.5, 0.6) is 0 Å². The zero-order chi connectivity index (χ0) is 14.6. The van der Waals surface area contributed by atoms with Crippen molar-refractivity contribution in [1.82, 2.24) is 0 Å². The molecule has 0 atom stereocenters. The van der Waals surface area contributed by atoms with Gasteiger partial charge < -0.3 is 11.1 Å². The summed E-state index contributed by atoms with van der Waals surface area (Å²) < 4.78 is 37.8. The molecular formula is C13H17F3N2O. The molecular weight excluding hydrogens is 257 g/mol. The SMILES string of the molecule is CCC(CC)Nc1ccc(C(F)(F)F)cc1C(N)=O. The lowest BCUT2D eigenvalue weighted by Gasteiger charge is -2.19. The lowest BCUT2D eigenvalue weighted by molar-refractivity contribution is -0.137. The zero-order valence-corrected chi connectivity index (χ0v) is 10.8. The second-order valence-electron chi connectivity index (χ2n) is 4.28. The lowest BCUT2D eigenvalue weighted by atomic mass is 10.1. The first kappa shape index (κ1) is 15.3. The summed E-state index contributed by atoms with van der Waals surface area (Å²) in [5.74, 6) is -0.875. The minimum atomic E-state index is -4.49. The number of primary amides is 1. The Morgan fingerprint density at radius 1 is 1.32 bits per heavy atom. The third-order valence-electron chi connectivity index (χ3n) is 2.96. The fourth-order valence-corrected chi connectivity index (χ4v) is 1.76. The van der Waals surface area contributed by atoms with Gasteiger partial charge in [0.15, 0.2) is 0 Å². The number of nitrogens with one attached hydrogen (secondary N) is 1. The van der Waals surface area contributed by atoms with Crippen molar-refractivity contribution in [3.63, 3.8) is 0 Å². The number of halogens is 3. The topological polar surface area (TPSA) is 55.1 Å². The van der Waals surface area contributed by atoms with Crippen LogP contribution >= 0.6 is 0 Å². The monoisotopic (exact) mass is 274 g/mol. The molecule has 0 spiro atoms. The summed E-state index contributed by atoms with van der Waals surface area (Å²) in [6, 6.07) is 3.07. The maximum Gasteiger partial charge on any atom is 0.416 e. The highest BCUT2D eigenvalue weighted by molar-refractivity contribution is 5.98. The number of hydrogen-bond donors (Lipinski definition) is 2. The Labute approximate surface area is 110 Å². The Morgan fingerprint density at radius 2 is 1.89 bits per heavy atom. The number of carbonyl (C=O) groups excluding carboxylic acids is 1. The molecule has 3 N–H and O–H groups in total. The van der Waals surface area contributed by atoms with Gasteiger partial charge in [-0.3, -0.25) is 4.79 Å². The summed E-state index contributed by atoms with van der Waals surface area (Å²) in [6.07, 6.45) is -2.89. The Hall–Kier alpha value is -1.72. The van der Waals surface area contributed by atoms with Gasteiger partial charge in [0.05, 0.1) is 11.1 Å². The molecule has 0 aliphatic rings. The molecule has 0 radical (unpaired) electrons. The van der Waals surface area contributed by atoms with E-state index >= 15 is 0 Å². The van der Waals surface area contributed by atoms with E-state index in [1.807, 2.05) is 13.8 Å². The van der Waals surface area contributed by atoms with Crippen LogP contribution in [0.2, 0.25) is 0 Å². The number of anilines is 1. The molecule has 0 aliphatic carbocycles. The van der Waals surface area contributed by atoms with Crippen LogP contribution in [-0.2, 0) is 6.18 Å². The number of alkyl halides is 3. The number of hydrogen-bond acceptors (Lipinski definition) is 2. The van der Waals surface area contributed by atoms with Gasteiger partial charge >= 0.3 is 6.18 Å². The van der Waals surface area contributed by atoms with Gasteiger partial charge in [-0.15, -0.1) is 0 Å². The van der Waals surface area contributed by atoms with Crippen molar-refractivity contribution in [2.45, 2.75) is 38.9 Å². The number of rotatable bonds is 5. The van der Waals surface area contributed by atoms with Crippen molar-refractivity contribution in [3.8, 4) is 0 Å². The highest BCUT2D eigenvalue weighted by Crippen LogP contribution is 2.32. The number of carbonyl (C=O) groups is 1. The zero-order valence-electron chi connectivity index (χ0n) is 10.8.